The molecule has 2 amide bonds. The second-order valence-electron chi connectivity index (χ2n) is 3.54. The van der Waals surface area contributed by atoms with E-state index in [0.717, 1.165) is 5.69 Å². The Morgan fingerprint density at radius 2 is 2.12 bits per heavy atom. The number of rotatable bonds is 4. The zero-order chi connectivity index (χ0) is 12.8. The Bertz CT molecular complexity index is 405. The lowest BCUT2D eigenvalue weighted by Gasteiger charge is -2.10. The molecule has 17 heavy (non-hydrogen) atoms. The second-order valence-corrected chi connectivity index (χ2v) is 3.54. The van der Waals surface area contributed by atoms with Crippen LogP contribution in [0.4, 0.5) is 4.79 Å². The highest BCUT2D eigenvalue weighted by Gasteiger charge is 2.13. The highest BCUT2D eigenvalue weighted by atomic mass is 16.4. The number of nitrogens with zero attached hydrogens (tertiary/aromatic N) is 2. The van der Waals surface area contributed by atoms with Gasteiger partial charge in [0.2, 0.25) is 0 Å². The molecule has 1 rings (SSSR count). The summed E-state index contributed by atoms with van der Waals surface area (Å²) in [5, 5.41) is 13.3. The molecule has 0 aliphatic heterocycles. The standard InChI is InChI=1S/C10H14N4O3/c1-6-3-12-8(4-11-6)5-13-10(17)14-7(2)9(15)16/h3-4,7H,5H2,1-2H3,(H,15,16)(H2,13,14,17). The van der Waals surface area contributed by atoms with Crippen molar-refractivity contribution in [3.8, 4) is 0 Å². The van der Waals surface area contributed by atoms with Gasteiger partial charge in [0.1, 0.15) is 6.04 Å². The fourth-order valence-electron chi connectivity index (χ4n) is 0.991. The Kier molecular flexibility index (Phi) is 4.38. The van der Waals surface area contributed by atoms with E-state index in [4.69, 9.17) is 5.11 Å². The molecular weight excluding hydrogens is 224 g/mol. The van der Waals surface area contributed by atoms with Crippen molar-refractivity contribution in [2.75, 3.05) is 0 Å². The van der Waals surface area contributed by atoms with Gasteiger partial charge in [-0.15, -0.1) is 0 Å². The molecule has 0 bridgehead atoms. The quantitative estimate of drug-likeness (QED) is 0.688. The van der Waals surface area contributed by atoms with Gasteiger partial charge in [0.15, 0.2) is 0 Å². The minimum absolute atomic E-state index is 0.200. The highest BCUT2D eigenvalue weighted by Crippen LogP contribution is 1.93. The van der Waals surface area contributed by atoms with Crippen molar-refractivity contribution in [1.29, 1.82) is 0 Å². The maximum atomic E-state index is 11.3. The van der Waals surface area contributed by atoms with Gasteiger partial charge in [-0.1, -0.05) is 0 Å². The van der Waals surface area contributed by atoms with Crippen LogP contribution in [0.25, 0.3) is 0 Å². The summed E-state index contributed by atoms with van der Waals surface area (Å²) in [6.45, 7) is 3.39. The van der Waals surface area contributed by atoms with Gasteiger partial charge < -0.3 is 15.7 Å². The molecule has 0 aliphatic carbocycles. The Balaban J connectivity index is 2.38. The summed E-state index contributed by atoms with van der Waals surface area (Å²) in [4.78, 5) is 29.8. The van der Waals surface area contributed by atoms with Crippen molar-refractivity contribution < 1.29 is 14.7 Å². The molecule has 1 aromatic heterocycles. The van der Waals surface area contributed by atoms with Crippen LogP contribution in [0.2, 0.25) is 0 Å². The summed E-state index contributed by atoms with van der Waals surface area (Å²) >= 11 is 0. The van der Waals surface area contributed by atoms with E-state index in [9.17, 15) is 9.59 Å². The maximum absolute atomic E-state index is 11.3. The molecule has 92 valence electrons. The summed E-state index contributed by atoms with van der Waals surface area (Å²) < 4.78 is 0. The average molecular weight is 238 g/mol. The van der Waals surface area contributed by atoms with Crippen molar-refractivity contribution in [3.05, 3.63) is 23.8 Å². The molecule has 3 N–H and O–H groups in total. The fraction of sp³-hybridized carbons (Fsp3) is 0.400. The first kappa shape index (κ1) is 12.9. The molecule has 0 radical (unpaired) electrons. The lowest BCUT2D eigenvalue weighted by atomic mass is 10.3. The largest absolute Gasteiger partial charge is 0.480 e. The lowest BCUT2D eigenvalue weighted by molar-refractivity contribution is -0.138. The summed E-state index contributed by atoms with van der Waals surface area (Å²) in [6.07, 6.45) is 3.14. The topological polar surface area (TPSA) is 104 Å². The molecule has 7 heteroatoms. The Morgan fingerprint density at radius 3 is 2.65 bits per heavy atom. The van der Waals surface area contributed by atoms with E-state index in [2.05, 4.69) is 20.6 Å². The minimum atomic E-state index is -1.09. The molecule has 1 heterocycles. The summed E-state index contributed by atoms with van der Waals surface area (Å²) in [6, 6.07) is -1.48. The molecule has 0 saturated carbocycles. The van der Waals surface area contributed by atoms with Crippen LogP contribution in [0.15, 0.2) is 12.4 Å². The Labute approximate surface area is 98.3 Å². The number of carboxylic acid groups (broad SMARTS) is 1. The van der Waals surface area contributed by atoms with Crippen LogP contribution < -0.4 is 10.6 Å². The number of carboxylic acids is 1. The number of aliphatic carboxylic acids is 1. The number of carbonyl (C=O) groups is 2. The molecule has 0 aliphatic rings. The van der Waals surface area contributed by atoms with Gasteiger partial charge in [-0.05, 0) is 13.8 Å². The average Bonchev–Trinajstić information content (AvgIpc) is 2.28. The zero-order valence-corrected chi connectivity index (χ0v) is 9.60. The van der Waals surface area contributed by atoms with E-state index >= 15 is 0 Å². The van der Waals surface area contributed by atoms with Crippen LogP contribution in [0.1, 0.15) is 18.3 Å². The lowest BCUT2D eigenvalue weighted by Crippen LogP contribution is -2.44. The van der Waals surface area contributed by atoms with Crippen LogP contribution in [0.5, 0.6) is 0 Å². The number of urea groups is 1. The normalized spacial score (nSPS) is 11.6. The molecule has 0 aromatic carbocycles. The van der Waals surface area contributed by atoms with Crippen LogP contribution in [-0.4, -0.2) is 33.1 Å². The third kappa shape index (κ3) is 4.45. The molecular formula is C10H14N4O3. The van der Waals surface area contributed by atoms with Gasteiger partial charge in [0, 0.05) is 6.20 Å². The number of nitrogens with one attached hydrogen (secondary N) is 2. The van der Waals surface area contributed by atoms with E-state index in [1.165, 1.54) is 6.92 Å². The van der Waals surface area contributed by atoms with E-state index in [-0.39, 0.29) is 6.54 Å². The molecule has 0 fully saturated rings. The van der Waals surface area contributed by atoms with Crippen molar-refractivity contribution >= 4 is 12.0 Å². The third-order valence-corrected chi connectivity index (χ3v) is 1.98. The van der Waals surface area contributed by atoms with Crippen molar-refractivity contribution in [2.45, 2.75) is 26.4 Å². The van der Waals surface area contributed by atoms with Gasteiger partial charge in [0.25, 0.3) is 0 Å². The number of aryl methyl sites for hydroxylation is 1. The fourth-order valence-corrected chi connectivity index (χ4v) is 0.991. The molecule has 1 atom stereocenters. The minimum Gasteiger partial charge on any atom is -0.480 e. The number of hydrogen-bond donors (Lipinski definition) is 3. The molecule has 1 aromatic rings. The van der Waals surface area contributed by atoms with Gasteiger partial charge in [-0.25, -0.2) is 4.79 Å². The van der Waals surface area contributed by atoms with Crippen LogP contribution in [0.3, 0.4) is 0 Å². The van der Waals surface area contributed by atoms with Crippen molar-refractivity contribution in [2.24, 2.45) is 0 Å². The Morgan fingerprint density at radius 1 is 1.41 bits per heavy atom. The Hall–Kier alpha value is -2.18. The highest BCUT2D eigenvalue weighted by molar-refractivity contribution is 5.82. The predicted octanol–water partition coefficient (Wildman–Crippen LogP) is 0.0573. The van der Waals surface area contributed by atoms with E-state index in [1.807, 2.05) is 6.92 Å². The second kappa shape index (κ2) is 5.78. The summed E-state index contributed by atoms with van der Waals surface area (Å²) in [5.41, 5.74) is 1.39. The summed E-state index contributed by atoms with van der Waals surface area (Å²) in [5.74, 6) is -1.09. The predicted molar refractivity (Wildman–Crippen MR) is 59.2 cm³/mol. The zero-order valence-electron chi connectivity index (χ0n) is 9.60. The first-order valence-electron chi connectivity index (χ1n) is 5.03. The van der Waals surface area contributed by atoms with Crippen LogP contribution in [0, 0.1) is 6.92 Å². The van der Waals surface area contributed by atoms with Crippen molar-refractivity contribution in [1.82, 2.24) is 20.6 Å². The van der Waals surface area contributed by atoms with Gasteiger partial charge in [0.05, 0.1) is 24.1 Å². The van der Waals surface area contributed by atoms with E-state index < -0.39 is 18.0 Å². The van der Waals surface area contributed by atoms with Gasteiger partial charge >= 0.3 is 12.0 Å². The first-order chi connectivity index (χ1) is 7.99. The SMILES string of the molecule is Cc1cnc(CNC(=O)NC(C)C(=O)O)cn1. The molecule has 0 saturated heterocycles. The van der Waals surface area contributed by atoms with E-state index in [1.54, 1.807) is 12.4 Å². The molecule has 7 nitrogen and oxygen atoms in total. The number of carbonyl (C=O) groups excluding carboxylic acids is 1. The number of aromatic nitrogens is 2. The van der Waals surface area contributed by atoms with Gasteiger partial charge in [-0.3, -0.25) is 14.8 Å². The first-order valence-corrected chi connectivity index (χ1v) is 5.03. The van der Waals surface area contributed by atoms with Gasteiger partial charge in [-0.2, -0.15) is 0 Å². The molecule has 1 unspecified atom stereocenters. The van der Waals surface area contributed by atoms with Crippen LogP contribution in [-0.2, 0) is 11.3 Å². The number of hydrogen-bond acceptors (Lipinski definition) is 4. The third-order valence-electron chi connectivity index (χ3n) is 1.98. The smallest absolute Gasteiger partial charge is 0.325 e. The van der Waals surface area contributed by atoms with Crippen LogP contribution >= 0.6 is 0 Å². The monoisotopic (exact) mass is 238 g/mol. The van der Waals surface area contributed by atoms with E-state index in [0.29, 0.717) is 5.69 Å². The summed E-state index contributed by atoms with van der Waals surface area (Å²) in [7, 11) is 0. The maximum Gasteiger partial charge on any atom is 0.325 e. The number of amides is 2. The van der Waals surface area contributed by atoms with Crippen molar-refractivity contribution in [3.63, 3.8) is 0 Å². The molecule has 0 spiro atoms.